The van der Waals surface area contributed by atoms with Gasteiger partial charge in [-0.05, 0) is 42.0 Å². The van der Waals surface area contributed by atoms with Crippen molar-refractivity contribution < 1.29 is 14.3 Å². The van der Waals surface area contributed by atoms with E-state index in [4.69, 9.17) is 4.74 Å². The number of anilines is 2. The van der Waals surface area contributed by atoms with Crippen molar-refractivity contribution in [1.82, 2.24) is 20.2 Å². The van der Waals surface area contributed by atoms with E-state index < -0.39 is 0 Å². The normalized spacial score (nSPS) is 13.3. The second-order valence-electron chi connectivity index (χ2n) is 6.10. The van der Waals surface area contributed by atoms with Crippen molar-refractivity contribution in [3.8, 4) is 10.8 Å². The Bertz CT molecular complexity index is 1040. The van der Waals surface area contributed by atoms with Gasteiger partial charge in [-0.2, -0.15) is 4.68 Å². The van der Waals surface area contributed by atoms with Crippen molar-refractivity contribution >= 4 is 34.5 Å². The van der Waals surface area contributed by atoms with E-state index in [1.54, 1.807) is 25.2 Å². The van der Waals surface area contributed by atoms with E-state index in [0.29, 0.717) is 27.7 Å². The van der Waals surface area contributed by atoms with Gasteiger partial charge in [0.25, 0.3) is 11.8 Å². The number of hydrogen-bond donors (Lipinski definition) is 1. The van der Waals surface area contributed by atoms with E-state index in [2.05, 4.69) is 20.8 Å². The molecular weight excluding hydrogens is 368 g/mol. The molecule has 0 unspecified atom stereocenters. The van der Waals surface area contributed by atoms with Gasteiger partial charge in [0.15, 0.2) is 6.61 Å². The minimum atomic E-state index is -0.262. The Balaban J connectivity index is 1.65. The number of fused-ring (bicyclic) bond motifs is 1. The van der Waals surface area contributed by atoms with Gasteiger partial charge in [-0.25, -0.2) is 0 Å². The highest BCUT2D eigenvalue weighted by atomic mass is 32.1. The molecule has 0 fully saturated rings. The molecular formula is C17H16N6O3S. The SMILES string of the molecule is Cc1sc(-n2cnnn2)c(C(=O)Nc2ccc3c(c2)OCC(=O)N3C)c1C. The van der Waals surface area contributed by atoms with E-state index in [-0.39, 0.29) is 18.4 Å². The number of carbonyl (C=O) groups is 2. The molecule has 27 heavy (non-hydrogen) atoms. The molecule has 0 saturated carbocycles. The van der Waals surface area contributed by atoms with Crippen LogP contribution in [0.1, 0.15) is 20.8 Å². The van der Waals surface area contributed by atoms with E-state index in [0.717, 1.165) is 10.4 Å². The molecule has 0 radical (unpaired) electrons. The molecule has 0 bridgehead atoms. The maximum absolute atomic E-state index is 13.0. The Morgan fingerprint density at radius 2 is 2.15 bits per heavy atom. The number of thiophene rings is 1. The number of benzene rings is 1. The third kappa shape index (κ3) is 2.93. The number of nitrogens with one attached hydrogen (secondary N) is 1. The fourth-order valence-electron chi connectivity index (χ4n) is 2.84. The number of hydrogen-bond acceptors (Lipinski definition) is 7. The van der Waals surface area contributed by atoms with Crippen LogP contribution in [0.25, 0.3) is 5.00 Å². The predicted octanol–water partition coefficient (Wildman–Crippen LogP) is 1.95. The topological polar surface area (TPSA) is 102 Å². The number of ether oxygens (including phenoxy) is 1. The van der Waals surface area contributed by atoms with Crippen LogP contribution in [0, 0.1) is 13.8 Å². The van der Waals surface area contributed by atoms with Gasteiger partial charge in [-0.3, -0.25) is 9.59 Å². The number of aryl methyl sites for hydroxylation is 1. The van der Waals surface area contributed by atoms with Crippen LogP contribution in [0.2, 0.25) is 0 Å². The zero-order chi connectivity index (χ0) is 19.1. The fourth-order valence-corrected chi connectivity index (χ4v) is 3.91. The van der Waals surface area contributed by atoms with Crippen LogP contribution in [0.5, 0.6) is 5.75 Å². The molecule has 1 N–H and O–H groups in total. The van der Waals surface area contributed by atoms with Crippen molar-refractivity contribution in [2.75, 3.05) is 23.9 Å². The molecule has 138 valence electrons. The monoisotopic (exact) mass is 384 g/mol. The number of aromatic nitrogens is 4. The Morgan fingerprint density at radius 3 is 2.89 bits per heavy atom. The van der Waals surface area contributed by atoms with Gasteiger partial charge in [0.2, 0.25) is 0 Å². The second-order valence-corrected chi connectivity index (χ2v) is 7.30. The standard InChI is InChI=1S/C17H16N6O3S/c1-9-10(2)27-17(23-8-18-20-21-23)15(9)16(25)19-11-4-5-12-13(6-11)26-7-14(24)22(12)3/h4-6,8H,7H2,1-3H3,(H,19,25). The first-order valence-electron chi connectivity index (χ1n) is 8.14. The molecule has 9 nitrogen and oxygen atoms in total. The molecule has 3 aromatic rings. The summed E-state index contributed by atoms with van der Waals surface area (Å²) in [5, 5.41) is 14.7. The summed E-state index contributed by atoms with van der Waals surface area (Å²) >= 11 is 1.45. The molecule has 3 heterocycles. The molecule has 0 atom stereocenters. The van der Waals surface area contributed by atoms with Gasteiger partial charge >= 0.3 is 0 Å². The highest BCUT2D eigenvalue weighted by Gasteiger charge is 2.24. The first-order chi connectivity index (χ1) is 13.0. The third-order valence-electron chi connectivity index (χ3n) is 4.46. The van der Waals surface area contributed by atoms with E-state index in [9.17, 15) is 9.59 Å². The largest absolute Gasteiger partial charge is 0.481 e. The highest BCUT2D eigenvalue weighted by Crippen LogP contribution is 2.35. The lowest BCUT2D eigenvalue weighted by atomic mass is 10.1. The fraction of sp³-hybridized carbons (Fsp3) is 0.235. The average molecular weight is 384 g/mol. The zero-order valence-corrected chi connectivity index (χ0v) is 15.7. The van der Waals surface area contributed by atoms with E-state index in [1.165, 1.54) is 27.2 Å². The van der Waals surface area contributed by atoms with Crippen LogP contribution >= 0.6 is 11.3 Å². The second kappa shape index (κ2) is 6.47. The van der Waals surface area contributed by atoms with Crippen molar-refractivity contribution in [3.63, 3.8) is 0 Å². The van der Waals surface area contributed by atoms with Gasteiger partial charge in [-0.1, -0.05) is 0 Å². The number of tetrazole rings is 1. The lowest BCUT2D eigenvalue weighted by molar-refractivity contribution is -0.120. The van der Waals surface area contributed by atoms with Gasteiger partial charge in [0.05, 0.1) is 11.3 Å². The lowest BCUT2D eigenvalue weighted by Crippen LogP contribution is -2.35. The predicted molar refractivity (Wildman–Crippen MR) is 99.8 cm³/mol. The molecule has 1 aliphatic heterocycles. The molecule has 1 aliphatic rings. The van der Waals surface area contributed by atoms with Crippen molar-refractivity contribution in [2.45, 2.75) is 13.8 Å². The molecule has 0 saturated heterocycles. The van der Waals surface area contributed by atoms with Gasteiger partial charge in [0.1, 0.15) is 17.1 Å². The Labute approximate surface area is 158 Å². The van der Waals surface area contributed by atoms with E-state index in [1.807, 2.05) is 13.8 Å². The van der Waals surface area contributed by atoms with Gasteiger partial charge in [0, 0.05) is 23.7 Å². The molecule has 1 aromatic carbocycles. The van der Waals surface area contributed by atoms with Gasteiger partial charge in [-0.15, -0.1) is 16.4 Å². The number of rotatable bonds is 3. The van der Waals surface area contributed by atoms with Crippen LogP contribution in [0.4, 0.5) is 11.4 Å². The number of carbonyl (C=O) groups excluding carboxylic acids is 2. The summed E-state index contributed by atoms with van der Waals surface area (Å²) in [6.45, 7) is 3.82. The van der Waals surface area contributed by atoms with Crippen LogP contribution in [0.15, 0.2) is 24.5 Å². The summed E-state index contributed by atoms with van der Waals surface area (Å²) in [5.74, 6) is 0.172. The van der Waals surface area contributed by atoms with Crippen LogP contribution in [0.3, 0.4) is 0 Å². The highest BCUT2D eigenvalue weighted by molar-refractivity contribution is 7.15. The van der Waals surface area contributed by atoms with E-state index >= 15 is 0 Å². The molecule has 4 rings (SSSR count). The average Bonchev–Trinajstić information content (AvgIpc) is 3.27. The van der Waals surface area contributed by atoms with Crippen LogP contribution in [-0.2, 0) is 4.79 Å². The summed E-state index contributed by atoms with van der Waals surface area (Å²) in [5.41, 5.74) is 2.65. The molecule has 0 spiro atoms. The minimum Gasteiger partial charge on any atom is -0.481 e. The summed E-state index contributed by atoms with van der Waals surface area (Å²) in [6.07, 6.45) is 1.46. The van der Waals surface area contributed by atoms with Crippen molar-refractivity contribution in [1.29, 1.82) is 0 Å². The maximum Gasteiger partial charge on any atom is 0.264 e. The Hall–Kier alpha value is -3.27. The minimum absolute atomic E-state index is 0.0207. The molecule has 2 aromatic heterocycles. The Kier molecular flexibility index (Phi) is 4.11. The summed E-state index contributed by atoms with van der Waals surface area (Å²) in [4.78, 5) is 27.2. The van der Waals surface area contributed by atoms with Gasteiger partial charge < -0.3 is 15.0 Å². The van der Waals surface area contributed by atoms with Crippen molar-refractivity contribution in [2.24, 2.45) is 0 Å². The smallest absolute Gasteiger partial charge is 0.264 e. The number of amides is 2. The van der Waals surface area contributed by atoms with Crippen molar-refractivity contribution in [3.05, 3.63) is 40.5 Å². The number of likely N-dealkylation sites (N-methyl/N-ethyl adjacent to an activating group) is 1. The lowest BCUT2D eigenvalue weighted by Gasteiger charge is -2.26. The Morgan fingerprint density at radius 1 is 1.33 bits per heavy atom. The molecule has 2 amide bonds. The zero-order valence-electron chi connectivity index (χ0n) is 14.9. The van der Waals surface area contributed by atoms with Crippen LogP contribution in [-0.4, -0.2) is 45.7 Å². The number of nitrogens with zero attached hydrogens (tertiary/aromatic N) is 5. The first-order valence-corrected chi connectivity index (χ1v) is 8.95. The first kappa shape index (κ1) is 17.2. The summed E-state index contributed by atoms with van der Waals surface area (Å²) in [7, 11) is 1.69. The molecule has 10 heteroatoms. The molecule has 0 aliphatic carbocycles. The third-order valence-corrected chi connectivity index (χ3v) is 5.65. The maximum atomic E-state index is 13.0. The quantitative estimate of drug-likeness (QED) is 0.740. The van der Waals surface area contributed by atoms with Crippen LogP contribution < -0.4 is 15.0 Å². The summed E-state index contributed by atoms with van der Waals surface area (Å²) in [6, 6.07) is 5.19. The summed E-state index contributed by atoms with van der Waals surface area (Å²) < 4.78 is 6.96.